The van der Waals surface area contributed by atoms with Gasteiger partial charge in [-0.15, -0.1) is 11.6 Å². The molecule has 0 radical (unpaired) electrons. The lowest BCUT2D eigenvalue weighted by molar-refractivity contribution is -0.136. The van der Waals surface area contributed by atoms with E-state index in [2.05, 4.69) is 4.98 Å². The number of aryl methyl sites for hydroxylation is 1. The predicted octanol–water partition coefficient (Wildman–Crippen LogP) is 4.16. The number of rotatable bonds is 3. The van der Waals surface area contributed by atoms with Gasteiger partial charge in [-0.2, -0.15) is 18.4 Å². The van der Waals surface area contributed by atoms with Gasteiger partial charge in [-0.1, -0.05) is 0 Å². The van der Waals surface area contributed by atoms with Gasteiger partial charge in [0.05, 0.1) is 34.5 Å². The highest BCUT2D eigenvalue weighted by atomic mass is 35.5. The third kappa shape index (κ3) is 3.05. The first-order valence-corrected chi connectivity index (χ1v) is 6.36. The molecule has 20 heavy (non-hydrogen) atoms. The van der Waals surface area contributed by atoms with E-state index in [9.17, 15) is 13.2 Å². The van der Waals surface area contributed by atoms with Crippen LogP contribution in [0.1, 0.15) is 30.1 Å². The third-order valence-electron chi connectivity index (χ3n) is 2.88. The van der Waals surface area contributed by atoms with Crippen LogP contribution in [-0.4, -0.2) is 15.7 Å². The maximum absolute atomic E-state index is 12.4. The fourth-order valence-corrected chi connectivity index (χ4v) is 2.15. The zero-order valence-electron chi connectivity index (χ0n) is 10.6. The molecule has 0 saturated heterocycles. The second-order valence-corrected chi connectivity index (χ2v) is 5.07. The van der Waals surface area contributed by atoms with Gasteiger partial charge in [0.2, 0.25) is 0 Å². The molecule has 0 aliphatic rings. The van der Waals surface area contributed by atoms with Crippen molar-refractivity contribution in [1.82, 2.24) is 9.55 Å². The van der Waals surface area contributed by atoms with E-state index in [1.54, 1.807) is 19.1 Å². The Balaban J connectivity index is 2.52. The van der Waals surface area contributed by atoms with Gasteiger partial charge >= 0.3 is 6.18 Å². The first-order valence-electron chi connectivity index (χ1n) is 5.93. The molecular weight excluding hydrogens is 291 g/mol. The van der Waals surface area contributed by atoms with E-state index in [0.717, 1.165) is 0 Å². The van der Waals surface area contributed by atoms with E-state index < -0.39 is 18.0 Å². The molecule has 3 nitrogen and oxygen atoms in total. The van der Waals surface area contributed by atoms with Crippen molar-refractivity contribution in [2.75, 3.05) is 0 Å². The van der Waals surface area contributed by atoms with Crippen LogP contribution in [-0.2, 0) is 6.54 Å². The minimum absolute atomic E-state index is 0.263. The average Bonchev–Trinajstić information content (AvgIpc) is 2.73. The van der Waals surface area contributed by atoms with Crippen LogP contribution < -0.4 is 0 Å². The van der Waals surface area contributed by atoms with Crippen LogP contribution in [0, 0.1) is 11.3 Å². The number of nitriles is 1. The lowest BCUT2D eigenvalue weighted by atomic mass is 10.2. The first-order chi connectivity index (χ1) is 9.31. The van der Waals surface area contributed by atoms with Crippen molar-refractivity contribution in [1.29, 1.82) is 5.26 Å². The van der Waals surface area contributed by atoms with Gasteiger partial charge in [0.1, 0.15) is 5.82 Å². The molecule has 2 aromatic rings. The standard InChI is InChI=1S/C13H11ClF3N3/c1-8(14)12-19-10-3-2-9(7-18)6-11(10)20(12)5-4-13(15,16)17/h2-3,6,8H,4-5H2,1H3. The summed E-state index contributed by atoms with van der Waals surface area (Å²) >= 11 is 5.97. The number of aromatic nitrogens is 2. The molecule has 0 aliphatic heterocycles. The molecule has 0 bridgehead atoms. The fraction of sp³-hybridized carbons (Fsp3) is 0.385. The van der Waals surface area contributed by atoms with E-state index in [4.69, 9.17) is 16.9 Å². The van der Waals surface area contributed by atoms with Crippen molar-refractivity contribution < 1.29 is 13.2 Å². The molecule has 1 aromatic heterocycles. The van der Waals surface area contributed by atoms with Gasteiger partial charge in [-0.25, -0.2) is 4.98 Å². The number of imidazole rings is 1. The van der Waals surface area contributed by atoms with Crippen LogP contribution in [0.2, 0.25) is 0 Å². The Morgan fingerprint density at radius 3 is 2.70 bits per heavy atom. The molecule has 7 heteroatoms. The van der Waals surface area contributed by atoms with E-state index >= 15 is 0 Å². The Hall–Kier alpha value is -1.74. The largest absolute Gasteiger partial charge is 0.390 e. The number of nitrogens with zero attached hydrogens (tertiary/aromatic N) is 3. The number of hydrogen-bond acceptors (Lipinski definition) is 2. The summed E-state index contributed by atoms with van der Waals surface area (Å²) in [5.74, 6) is 0.376. The molecule has 106 valence electrons. The van der Waals surface area contributed by atoms with Gasteiger partial charge in [0.25, 0.3) is 0 Å². The van der Waals surface area contributed by atoms with E-state index in [0.29, 0.717) is 22.4 Å². The van der Waals surface area contributed by atoms with Crippen LogP contribution in [0.5, 0.6) is 0 Å². The minimum Gasteiger partial charge on any atom is -0.326 e. The smallest absolute Gasteiger partial charge is 0.326 e. The van der Waals surface area contributed by atoms with Crippen molar-refractivity contribution in [3.63, 3.8) is 0 Å². The number of benzene rings is 1. The predicted molar refractivity (Wildman–Crippen MR) is 69.4 cm³/mol. The number of alkyl halides is 4. The molecule has 1 aromatic carbocycles. The summed E-state index contributed by atoms with van der Waals surface area (Å²) in [6.07, 6.45) is -5.22. The lowest BCUT2D eigenvalue weighted by Crippen LogP contribution is -2.14. The maximum atomic E-state index is 12.4. The Labute approximate surface area is 118 Å². The fourth-order valence-electron chi connectivity index (χ4n) is 1.99. The zero-order chi connectivity index (χ0) is 14.9. The lowest BCUT2D eigenvalue weighted by Gasteiger charge is -2.12. The summed E-state index contributed by atoms with van der Waals surface area (Å²) in [5, 5.41) is 8.36. The van der Waals surface area contributed by atoms with Crippen molar-refractivity contribution in [3.05, 3.63) is 29.6 Å². The van der Waals surface area contributed by atoms with Crippen LogP contribution in [0.4, 0.5) is 13.2 Å². The summed E-state index contributed by atoms with van der Waals surface area (Å²) in [6.45, 7) is 1.39. The molecule has 0 N–H and O–H groups in total. The summed E-state index contributed by atoms with van der Waals surface area (Å²) in [6, 6.07) is 6.68. The van der Waals surface area contributed by atoms with Gasteiger partial charge < -0.3 is 4.57 Å². The summed E-state index contributed by atoms with van der Waals surface area (Å²) in [4.78, 5) is 4.24. The quantitative estimate of drug-likeness (QED) is 0.799. The molecule has 0 spiro atoms. The highest BCUT2D eigenvalue weighted by molar-refractivity contribution is 6.20. The Morgan fingerprint density at radius 1 is 1.45 bits per heavy atom. The molecule has 0 aliphatic carbocycles. The Morgan fingerprint density at radius 2 is 2.15 bits per heavy atom. The Kier molecular flexibility index (Phi) is 3.91. The molecule has 0 fully saturated rings. The van der Waals surface area contributed by atoms with E-state index in [1.165, 1.54) is 10.6 Å². The molecule has 1 unspecified atom stereocenters. The van der Waals surface area contributed by atoms with Crippen molar-refractivity contribution in [2.24, 2.45) is 0 Å². The van der Waals surface area contributed by atoms with Gasteiger partial charge in [-0.3, -0.25) is 0 Å². The monoisotopic (exact) mass is 301 g/mol. The average molecular weight is 302 g/mol. The molecule has 1 heterocycles. The van der Waals surface area contributed by atoms with Gasteiger partial charge in [-0.05, 0) is 25.1 Å². The summed E-state index contributed by atoms with van der Waals surface area (Å²) in [5.41, 5.74) is 1.41. The van der Waals surface area contributed by atoms with Crippen LogP contribution >= 0.6 is 11.6 Å². The normalized spacial score (nSPS) is 13.4. The molecule has 0 saturated carbocycles. The summed E-state index contributed by atoms with van der Waals surface area (Å²) in [7, 11) is 0. The number of hydrogen-bond donors (Lipinski definition) is 0. The second-order valence-electron chi connectivity index (χ2n) is 4.42. The highest BCUT2D eigenvalue weighted by Crippen LogP contribution is 2.28. The SMILES string of the molecule is CC(Cl)c1nc2ccc(C#N)cc2n1CCC(F)(F)F. The van der Waals surface area contributed by atoms with E-state index in [-0.39, 0.29) is 6.54 Å². The van der Waals surface area contributed by atoms with Crippen molar-refractivity contribution >= 4 is 22.6 Å². The molecule has 0 amide bonds. The summed E-state index contributed by atoms with van der Waals surface area (Å²) < 4.78 is 38.7. The number of halogens is 4. The van der Waals surface area contributed by atoms with Gasteiger partial charge in [0.15, 0.2) is 0 Å². The highest BCUT2D eigenvalue weighted by Gasteiger charge is 2.28. The molecule has 1 atom stereocenters. The van der Waals surface area contributed by atoms with E-state index in [1.807, 2.05) is 6.07 Å². The van der Waals surface area contributed by atoms with Crippen molar-refractivity contribution in [3.8, 4) is 6.07 Å². The topological polar surface area (TPSA) is 41.6 Å². The van der Waals surface area contributed by atoms with Gasteiger partial charge in [0, 0.05) is 6.54 Å². The van der Waals surface area contributed by atoms with Crippen LogP contribution in [0.25, 0.3) is 11.0 Å². The van der Waals surface area contributed by atoms with Crippen LogP contribution in [0.15, 0.2) is 18.2 Å². The zero-order valence-corrected chi connectivity index (χ0v) is 11.3. The third-order valence-corrected chi connectivity index (χ3v) is 3.08. The minimum atomic E-state index is -4.25. The van der Waals surface area contributed by atoms with Crippen LogP contribution in [0.3, 0.4) is 0 Å². The molecular formula is C13H11ClF3N3. The number of fused-ring (bicyclic) bond motifs is 1. The van der Waals surface area contributed by atoms with Crippen molar-refractivity contribution in [2.45, 2.75) is 31.4 Å². The first kappa shape index (κ1) is 14.7. The molecule has 2 rings (SSSR count). The maximum Gasteiger partial charge on any atom is 0.390 e. The second kappa shape index (κ2) is 5.33. The Bertz CT molecular complexity index is 668.